The van der Waals surface area contributed by atoms with E-state index in [-0.39, 0.29) is 10.6 Å². The Hall–Kier alpha value is -1.52. The van der Waals surface area contributed by atoms with Gasteiger partial charge >= 0.3 is 6.18 Å². The van der Waals surface area contributed by atoms with Gasteiger partial charge in [0.2, 0.25) is 6.08 Å². The van der Waals surface area contributed by atoms with Gasteiger partial charge in [-0.05, 0) is 30.5 Å². The molecule has 0 spiro atoms. The summed E-state index contributed by atoms with van der Waals surface area (Å²) < 4.78 is 38.6. The van der Waals surface area contributed by atoms with E-state index >= 15 is 0 Å². The number of hydrogen-bond donors (Lipinski definition) is 1. The van der Waals surface area contributed by atoms with Crippen LogP contribution < -0.4 is 0 Å². The fraction of sp³-hybridized carbons (Fsp3) is 0.364. The number of phenols is 1. The molecule has 0 unspecified atom stereocenters. The summed E-state index contributed by atoms with van der Waals surface area (Å²) in [5.41, 5.74) is -2.41. The van der Waals surface area contributed by atoms with Crippen molar-refractivity contribution in [2.45, 2.75) is 24.6 Å². The SMILES string of the molecule is O=C=NC1(c2cc(Cl)c(O)cc2C(F)(F)F)CC1. The third kappa shape index (κ3) is 2.09. The number of rotatable bonds is 2. The van der Waals surface area contributed by atoms with Gasteiger partial charge in [-0.15, -0.1) is 0 Å². The highest BCUT2D eigenvalue weighted by molar-refractivity contribution is 6.32. The molecule has 0 radical (unpaired) electrons. The Morgan fingerprint density at radius 3 is 2.44 bits per heavy atom. The van der Waals surface area contributed by atoms with Crippen molar-refractivity contribution in [2.75, 3.05) is 0 Å². The molecule has 1 aromatic carbocycles. The summed E-state index contributed by atoms with van der Waals surface area (Å²) >= 11 is 5.61. The minimum atomic E-state index is -4.65. The van der Waals surface area contributed by atoms with E-state index in [1.807, 2.05) is 0 Å². The Kier molecular flexibility index (Phi) is 2.87. The number of alkyl halides is 3. The fourth-order valence-corrected chi connectivity index (χ4v) is 1.99. The van der Waals surface area contributed by atoms with Crippen LogP contribution in [0.5, 0.6) is 5.75 Å². The molecule has 3 nitrogen and oxygen atoms in total. The lowest BCUT2D eigenvalue weighted by atomic mass is 9.98. The van der Waals surface area contributed by atoms with Crippen molar-refractivity contribution in [1.82, 2.24) is 0 Å². The van der Waals surface area contributed by atoms with E-state index in [0.717, 1.165) is 6.07 Å². The molecule has 2 rings (SSSR count). The standard InChI is InChI=1S/C11H7ClF3NO2/c12-8-3-6(10(1-2-10)16-5-17)7(4-9(8)18)11(13,14)15/h3-4,18H,1-2H2. The van der Waals surface area contributed by atoms with Gasteiger partial charge in [-0.1, -0.05) is 11.6 Å². The molecule has 1 N–H and O–H groups in total. The van der Waals surface area contributed by atoms with Crippen LogP contribution in [0.2, 0.25) is 5.02 Å². The summed E-state index contributed by atoms with van der Waals surface area (Å²) in [6, 6.07) is 1.56. The topological polar surface area (TPSA) is 49.7 Å². The van der Waals surface area contributed by atoms with Gasteiger partial charge in [0.15, 0.2) is 0 Å². The maximum absolute atomic E-state index is 12.9. The molecule has 0 saturated heterocycles. The average Bonchev–Trinajstić information content (AvgIpc) is 3.01. The van der Waals surface area contributed by atoms with E-state index in [1.54, 1.807) is 0 Å². The van der Waals surface area contributed by atoms with Crippen molar-refractivity contribution < 1.29 is 23.1 Å². The molecule has 0 aromatic heterocycles. The molecular weight excluding hydrogens is 271 g/mol. The second-order valence-electron chi connectivity index (χ2n) is 4.08. The number of halogens is 4. The van der Waals surface area contributed by atoms with E-state index in [2.05, 4.69) is 4.99 Å². The minimum Gasteiger partial charge on any atom is -0.506 e. The van der Waals surface area contributed by atoms with Crippen molar-refractivity contribution in [2.24, 2.45) is 4.99 Å². The third-order valence-electron chi connectivity index (χ3n) is 2.88. The normalized spacial score (nSPS) is 17.1. The Morgan fingerprint density at radius 1 is 1.39 bits per heavy atom. The summed E-state index contributed by atoms with van der Waals surface area (Å²) in [5.74, 6) is -0.654. The number of phenolic OH excluding ortho intramolecular Hbond substituents is 1. The summed E-state index contributed by atoms with van der Waals surface area (Å²) in [6.07, 6.45) is -2.71. The van der Waals surface area contributed by atoms with Gasteiger partial charge in [-0.3, -0.25) is 0 Å². The van der Waals surface area contributed by atoms with E-state index in [4.69, 9.17) is 11.6 Å². The fourth-order valence-electron chi connectivity index (χ4n) is 1.83. The number of aliphatic imine (C=N–C) groups is 1. The van der Waals surface area contributed by atoms with Gasteiger partial charge in [0.05, 0.1) is 16.1 Å². The first-order valence-corrected chi connectivity index (χ1v) is 5.37. The Balaban J connectivity index is 2.66. The van der Waals surface area contributed by atoms with Crippen LogP contribution >= 0.6 is 11.6 Å². The van der Waals surface area contributed by atoms with Crippen molar-refractivity contribution in [3.63, 3.8) is 0 Å². The highest BCUT2D eigenvalue weighted by Gasteiger charge is 2.50. The average molecular weight is 278 g/mol. The summed E-state index contributed by atoms with van der Waals surface area (Å²) in [6.45, 7) is 0. The van der Waals surface area contributed by atoms with E-state index in [9.17, 15) is 23.1 Å². The van der Waals surface area contributed by atoms with E-state index in [1.165, 1.54) is 6.08 Å². The van der Waals surface area contributed by atoms with Crippen LogP contribution in [-0.4, -0.2) is 11.2 Å². The quantitative estimate of drug-likeness (QED) is 0.665. The van der Waals surface area contributed by atoms with Crippen LogP contribution in [0.15, 0.2) is 17.1 Å². The smallest absolute Gasteiger partial charge is 0.416 e. The molecule has 1 aliphatic carbocycles. The van der Waals surface area contributed by atoms with Crippen molar-refractivity contribution in [1.29, 1.82) is 0 Å². The first-order chi connectivity index (χ1) is 8.30. The maximum Gasteiger partial charge on any atom is 0.416 e. The van der Waals surface area contributed by atoms with Crippen LogP contribution in [0.4, 0.5) is 13.2 Å². The predicted octanol–water partition coefficient (Wildman–Crippen LogP) is 3.39. The maximum atomic E-state index is 12.9. The number of isocyanates is 1. The zero-order chi connectivity index (χ0) is 13.6. The lowest BCUT2D eigenvalue weighted by Crippen LogP contribution is -2.15. The number of benzene rings is 1. The lowest BCUT2D eigenvalue weighted by Gasteiger charge is -2.17. The zero-order valence-electron chi connectivity index (χ0n) is 8.88. The highest BCUT2D eigenvalue weighted by atomic mass is 35.5. The molecular formula is C11H7ClF3NO2. The van der Waals surface area contributed by atoms with Crippen LogP contribution in [0.3, 0.4) is 0 Å². The summed E-state index contributed by atoms with van der Waals surface area (Å²) in [5, 5.41) is 9.06. The molecule has 0 heterocycles. The number of aromatic hydroxyl groups is 1. The first kappa shape index (κ1) is 12.9. The van der Waals surface area contributed by atoms with Gasteiger partial charge in [0.25, 0.3) is 0 Å². The molecule has 0 amide bonds. The largest absolute Gasteiger partial charge is 0.506 e. The van der Waals surface area contributed by atoms with Crippen LogP contribution in [0.25, 0.3) is 0 Å². The van der Waals surface area contributed by atoms with Gasteiger partial charge in [-0.2, -0.15) is 18.2 Å². The van der Waals surface area contributed by atoms with Crippen LogP contribution in [-0.2, 0) is 16.5 Å². The Bertz CT molecular complexity index is 546. The monoisotopic (exact) mass is 277 g/mol. The Labute approximate surface area is 105 Å². The molecule has 18 heavy (non-hydrogen) atoms. The van der Waals surface area contributed by atoms with E-state index < -0.39 is 23.0 Å². The molecule has 0 bridgehead atoms. The molecule has 0 aliphatic heterocycles. The van der Waals surface area contributed by atoms with Crippen LogP contribution in [0.1, 0.15) is 24.0 Å². The summed E-state index contributed by atoms with van der Waals surface area (Å²) in [7, 11) is 0. The second kappa shape index (κ2) is 4.00. The molecule has 7 heteroatoms. The van der Waals surface area contributed by atoms with Gasteiger partial charge in [0, 0.05) is 0 Å². The molecule has 1 aromatic rings. The van der Waals surface area contributed by atoms with E-state index in [0.29, 0.717) is 18.9 Å². The van der Waals surface area contributed by atoms with Crippen molar-refractivity contribution >= 4 is 17.7 Å². The van der Waals surface area contributed by atoms with Gasteiger partial charge in [0.1, 0.15) is 5.75 Å². The highest BCUT2D eigenvalue weighted by Crippen LogP contribution is 2.54. The van der Waals surface area contributed by atoms with Gasteiger partial charge < -0.3 is 5.11 Å². The molecule has 0 atom stereocenters. The molecule has 1 aliphatic rings. The minimum absolute atomic E-state index is 0.193. The second-order valence-corrected chi connectivity index (χ2v) is 4.49. The number of nitrogens with zero attached hydrogens (tertiary/aromatic N) is 1. The predicted molar refractivity (Wildman–Crippen MR) is 57.2 cm³/mol. The molecule has 1 fully saturated rings. The number of hydrogen-bond acceptors (Lipinski definition) is 3. The lowest BCUT2D eigenvalue weighted by molar-refractivity contribution is -0.138. The zero-order valence-corrected chi connectivity index (χ0v) is 9.64. The summed E-state index contributed by atoms with van der Waals surface area (Å²) in [4.78, 5) is 13.7. The molecule has 1 saturated carbocycles. The number of carbonyl (C=O) groups excluding carboxylic acids is 1. The van der Waals surface area contributed by atoms with Crippen LogP contribution in [0, 0.1) is 0 Å². The van der Waals surface area contributed by atoms with Crippen molar-refractivity contribution in [3.05, 3.63) is 28.3 Å². The third-order valence-corrected chi connectivity index (χ3v) is 3.18. The first-order valence-electron chi connectivity index (χ1n) is 4.99. The van der Waals surface area contributed by atoms with Gasteiger partial charge in [-0.25, -0.2) is 4.79 Å². The Morgan fingerprint density at radius 2 is 2.00 bits per heavy atom. The molecule has 96 valence electrons. The van der Waals surface area contributed by atoms with Crippen molar-refractivity contribution in [3.8, 4) is 5.75 Å².